The van der Waals surface area contributed by atoms with E-state index in [0.717, 1.165) is 36.2 Å². The van der Waals surface area contributed by atoms with E-state index in [9.17, 15) is 0 Å². The van der Waals surface area contributed by atoms with Crippen LogP contribution in [-0.2, 0) is 0 Å². The van der Waals surface area contributed by atoms with Gasteiger partial charge in [-0.15, -0.1) is 0 Å². The van der Waals surface area contributed by atoms with Gasteiger partial charge in [0.1, 0.15) is 5.82 Å². The molecule has 1 saturated heterocycles. The van der Waals surface area contributed by atoms with Crippen LogP contribution < -0.4 is 4.90 Å². The Labute approximate surface area is 112 Å². The highest BCUT2D eigenvalue weighted by Crippen LogP contribution is 2.28. The van der Waals surface area contributed by atoms with E-state index >= 15 is 0 Å². The van der Waals surface area contributed by atoms with Crippen LogP contribution in [0.25, 0.3) is 0 Å². The third kappa shape index (κ3) is 2.97. The van der Waals surface area contributed by atoms with E-state index in [1.54, 1.807) is 0 Å². The van der Waals surface area contributed by atoms with E-state index in [4.69, 9.17) is 0 Å². The summed E-state index contributed by atoms with van der Waals surface area (Å²) in [5.74, 6) is 1.87. The molecule has 1 aromatic rings. The van der Waals surface area contributed by atoms with Crippen LogP contribution in [0.15, 0.2) is 6.20 Å². The van der Waals surface area contributed by atoms with Crippen molar-refractivity contribution < 1.29 is 0 Å². The van der Waals surface area contributed by atoms with E-state index < -0.39 is 0 Å². The number of hydrogen-bond acceptors (Lipinski definition) is 3. The predicted molar refractivity (Wildman–Crippen MR) is 74.8 cm³/mol. The van der Waals surface area contributed by atoms with Crippen molar-refractivity contribution in [3.63, 3.8) is 0 Å². The lowest BCUT2D eigenvalue weighted by molar-refractivity contribution is 0.405. The first-order valence-electron chi connectivity index (χ1n) is 6.27. The fourth-order valence-electron chi connectivity index (χ4n) is 2.39. The van der Waals surface area contributed by atoms with Crippen LogP contribution in [0.2, 0.25) is 0 Å². The Morgan fingerprint density at radius 1 is 1.35 bits per heavy atom. The summed E-state index contributed by atoms with van der Waals surface area (Å²) in [6, 6.07) is 0. The first-order valence-corrected chi connectivity index (χ1v) is 7.18. The zero-order valence-corrected chi connectivity index (χ0v) is 12.4. The molecule has 0 spiro atoms. The molecule has 0 radical (unpaired) electrons. The standard InChI is InChI=1S/C13H20BrN3/c1-9-8-15-11(3)13(16-9)17-6-4-12(5-7-17)10(2)14/h8,10,12H,4-7H2,1-3H3. The molecule has 2 rings (SSSR count). The monoisotopic (exact) mass is 297 g/mol. The summed E-state index contributed by atoms with van der Waals surface area (Å²) < 4.78 is 0. The average Bonchev–Trinajstić information content (AvgIpc) is 2.32. The lowest BCUT2D eigenvalue weighted by Crippen LogP contribution is -2.37. The molecule has 94 valence electrons. The molecule has 0 bridgehead atoms. The molecule has 1 unspecified atom stereocenters. The molecular formula is C13H20BrN3. The maximum atomic E-state index is 4.62. The van der Waals surface area contributed by atoms with Gasteiger partial charge >= 0.3 is 0 Å². The second-order valence-corrected chi connectivity index (χ2v) is 6.37. The number of anilines is 1. The fraction of sp³-hybridized carbons (Fsp3) is 0.692. The molecule has 2 heterocycles. The summed E-state index contributed by atoms with van der Waals surface area (Å²) in [4.78, 5) is 12.0. The average molecular weight is 298 g/mol. The highest BCUT2D eigenvalue weighted by molar-refractivity contribution is 9.09. The molecule has 4 heteroatoms. The van der Waals surface area contributed by atoms with Crippen molar-refractivity contribution in [2.24, 2.45) is 5.92 Å². The fourth-order valence-corrected chi connectivity index (χ4v) is 2.92. The zero-order chi connectivity index (χ0) is 12.4. The predicted octanol–water partition coefficient (Wildman–Crippen LogP) is 3.09. The van der Waals surface area contributed by atoms with Crippen LogP contribution >= 0.6 is 15.9 Å². The molecule has 1 aliphatic rings. The smallest absolute Gasteiger partial charge is 0.150 e. The van der Waals surface area contributed by atoms with Gasteiger partial charge in [-0.1, -0.05) is 22.9 Å². The van der Waals surface area contributed by atoms with Gasteiger partial charge < -0.3 is 4.90 Å². The molecule has 1 aliphatic heterocycles. The summed E-state index contributed by atoms with van der Waals surface area (Å²) in [6.07, 6.45) is 4.31. The van der Waals surface area contributed by atoms with Crippen LogP contribution in [0, 0.1) is 19.8 Å². The topological polar surface area (TPSA) is 29.0 Å². The van der Waals surface area contributed by atoms with Gasteiger partial charge in [-0.05, 0) is 32.6 Å². The lowest BCUT2D eigenvalue weighted by atomic mass is 9.94. The van der Waals surface area contributed by atoms with Crippen molar-refractivity contribution in [1.29, 1.82) is 0 Å². The Balaban J connectivity index is 2.07. The molecule has 1 aromatic heterocycles. The SMILES string of the molecule is Cc1cnc(C)c(N2CCC(C(C)Br)CC2)n1. The largest absolute Gasteiger partial charge is 0.355 e. The van der Waals surface area contributed by atoms with Crippen molar-refractivity contribution in [2.75, 3.05) is 18.0 Å². The molecule has 3 nitrogen and oxygen atoms in total. The number of nitrogens with zero attached hydrogens (tertiary/aromatic N) is 3. The Morgan fingerprint density at radius 2 is 2.00 bits per heavy atom. The maximum absolute atomic E-state index is 4.62. The van der Waals surface area contributed by atoms with Gasteiger partial charge in [-0.2, -0.15) is 0 Å². The van der Waals surface area contributed by atoms with Gasteiger partial charge in [-0.3, -0.25) is 4.98 Å². The highest BCUT2D eigenvalue weighted by atomic mass is 79.9. The van der Waals surface area contributed by atoms with Gasteiger partial charge in [-0.25, -0.2) is 4.98 Å². The molecule has 1 atom stereocenters. The summed E-state index contributed by atoms with van der Waals surface area (Å²) in [7, 11) is 0. The van der Waals surface area contributed by atoms with E-state index in [0.29, 0.717) is 4.83 Å². The number of halogens is 1. The summed E-state index contributed by atoms with van der Waals surface area (Å²) in [5, 5.41) is 0. The minimum atomic E-state index is 0.620. The Kier molecular flexibility index (Phi) is 4.02. The molecule has 0 aromatic carbocycles. The van der Waals surface area contributed by atoms with E-state index in [1.807, 2.05) is 20.0 Å². The van der Waals surface area contributed by atoms with Crippen LogP contribution in [0.5, 0.6) is 0 Å². The van der Waals surface area contributed by atoms with Gasteiger partial charge in [0.2, 0.25) is 0 Å². The molecule has 1 fully saturated rings. The second-order valence-electron chi connectivity index (χ2n) is 4.92. The lowest BCUT2D eigenvalue weighted by Gasteiger charge is -2.34. The number of rotatable bonds is 2. The van der Waals surface area contributed by atoms with Crippen molar-refractivity contribution >= 4 is 21.7 Å². The number of alkyl halides is 1. The van der Waals surface area contributed by atoms with E-state index in [2.05, 4.69) is 37.7 Å². The van der Waals surface area contributed by atoms with Gasteiger partial charge in [0.25, 0.3) is 0 Å². The van der Waals surface area contributed by atoms with Crippen molar-refractivity contribution in [1.82, 2.24) is 9.97 Å². The third-order valence-electron chi connectivity index (χ3n) is 3.54. The molecule has 0 amide bonds. The Bertz CT molecular complexity index is 384. The summed E-state index contributed by atoms with van der Waals surface area (Å²) >= 11 is 3.69. The number of aryl methyl sites for hydroxylation is 2. The molecule has 0 N–H and O–H groups in total. The van der Waals surface area contributed by atoms with Gasteiger partial charge in [0.15, 0.2) is 0 Å². The third-order valence-corrected chi connectivity index (χ3v) is 4.29. The number of aromatic nitrogens is 2. The quantitative estimate of drug-likeness (QED) is 0.786. The van der Waals surface area contributed by atoms with E-state index in [1.165, 1.54) is 12.8 Å². The molecular weight excluding hydrogens is 278 g/mol. The van der Waals surface area contributed by atoms with Gasteiger partial charge in [0, 0.05) is 24.1 Å². The highest BCUT2D eigenvalue weighted by Gasteiger charge is 2.24. The molecule has 17 heavy (non-hydrogen) atoms. The second kappa shape index (κ2) is 5.34. The van der Waals surface area contributed by atoms with Crippen LogP contribution in [0.1, 0.15) is 31.2 Å². The summed E-state index contributed by atoms with van der Waals surface area (Å²) in [6.45, 7) is 8.49. The van der Waals surface area contributed by atoms with Crippen molar-refractivity contribution in [2.45, 2.75) is 38.4 Å². The van der Waals surface area contributed by atoms with Crippen LogP contribution in [0.4, 0.5) is 5.82 Å². The number of piperidine rings is 1. The summed E-state index contributed by atoms with van der Waals surface area (Å²) in [5.41, 5.74) is 2.04. The molecule has 0 saturated carbocycles. The van der Waals surface area contributed by atoms with Crippen LogP contribution in [-0.4, -0.2) is 27.9 Å². The first-order chi connectivity index (χ1) is 8.08. The Morgan fingerprint density at radius 3 is 2.59 bits per heavy atom. The minimum Gasteiger partial charge on any atom is -0.355 e. The van der Waals surface area contributed by atoms with Crippen molar-refractivity contribution in [3.05, 3.63) is 17.6 Å². The molecule has 0 aliphatic carbocycles. The van der Waals surface area contributed by atoms with Crippen molar-refractivity contribution in [3.8, 4) is 0 Å². The Hall–Kier alpha value is -0.640. The number of hydrogen-bond donors (Lipinski definition) is 0. The zero-order valence-electron chi connectivity index (χ0n) is 10.8. The normalized spacial score (nSPS) is 19.4. The van der Waals surface area contributed by atoms with Gasteiger partial charge in [0.05, 0.1) is 11.4 Å². The minimum absolute atomic E-state index is 0.620. The maximum Gasteiger partial charge on any atom is 0.150 e. The first kappa shape index (κ1) is 12.8. The van der Waals surface area contributed by atoms with Crippen LogP contribution in [0.3, 0.4) is 0 Å². The van der Waals surface area contributed by atoms with E-state index in [-0.39, 0.29) is 0 Å².